The molecule has 57 heavy (non-hydrogen) atoms. The lowest BCUT2D eigenvalue weighted by Gasteiger charge is -2.29. The Morgan fingerprint density at radius 2 is 1.18 bits per heavy atom. The van der Waals surface area contributed by atoms with Crippen LogP contribution >= 0.6 is 0 Å². The monoisotopic (exact) mass is 772 g/mol. The average molecular weight is 773 g/mol. The lowest BCUT2D eigenvalue weighted by atomic mass is 9.85. The smallest absolute Gasteiger partial charge is 0.225 e. The minimum absolute atomic E-state index is 0.00244. The summed E-state index contributed by atoms with van der Waals surface area (Å²) in [7, 11) is 0. The zero-order valence-corrected chi connectivity index (χ0v) is 32.9. The number of piperidine rings is 2. The number of nitrogens with zero attached hydrogens (tertiary/aromatic N) is 2. The molecular formula is C46H56N6O5. The lowest BCUT2D eigenvalue weighted by Crippen LogP contribution is -2.30. The van der Waals surface area contributed by atoms with E-state index in [-0.39, 0.29) is 17.4 Å². The molecular weight excluding hydrogens is 717 g/mol. The molecule has 2 aromatic heterocycles. The van der Waals surface area contributed by atoms with Crippen molar-refractivity contribution in [3.8, 4) is 45.5 Å². The predicted octanol–water partition coefficient (Wildman–Crippen LogP) is 7.66. The highest BCUT2D eigenvalue weighted by Crippen LogP contribution is 2.44. The third kappa shape index (κ3) is 8.70. The molecule has 0 spiro atoms. The Hall–Kier alpha value is -4.87. The lowest BCUT2D eigenvalue weighted by molar-refractivity contribution is -0.116. The Kier molecular flexibility index (Phi) is 11.2. The van der Waals surface area contributed by atoms with Crippen molar-refractivity contribution in [3.05, 3.63) is 70.8 Å². The van der Waals surface area contributed by atoms with Crippen molar-refractivity contribution in [2.24, 2.45) is 11.8 Å². The molecule has 11 nitrogen and oxygen atoms in total. The minimum Gasteiger partial charge on any atom is -0.507 e. The van der Waals surface area contributed by atoms with Crippen LogP contribution in [0.3, 0.4) is 0 Å². The number of anilines is 2. The van der Waals surface area contributed by atoms with Crippen LogP contribution in [-0.2, 0) is 17.6 Å². The number of carbonyl (C=O) groups excluding carboxylic acids is 1. The second kappa shape index (κ2) is 16.9. The van der Waals surface area contributed by atoms with Crippen molar-refractivity contribution < 1.29 is 24.5 Å². The molecule has 1 amide bonds. The summed E-state index contributed by atoms with van der Waals surface area (Å²) in [5.74, 6) is 5.57. The van der Waals surface area contributed by atoms with Crippen molar-refractivity contribution in [1.29, 1.82) is 0 Å². The first-order valence-electron chi connectivity index (χ1n) is 21.4. The second-order valence-electron chi connectivity index (χ2n) is 16.8. The molecule has 2 atom stereocenters. The number of nitrogens with one attached hydrogen (secondary N) is 4. The highest BCUT2D eigenvalue weighted by atomic mass is 16.5. The fourth-order valence-electron chi connectivity index (χ4n) is 8.86. The Morgan fingerprint density at radius 1 is 0.632 bits per heavy atom. The van der Waals surface area contributed by atoms with E-state index in [9.17, 15) is 15.0 Å². The van der Waals surface area contributed by atoms with Crippen LogP contribution in [-0.4, -0.2) is 72.0 Å². The van der Waals surface area contributed by atoms with E-state index >= 15 is 0 Å². The minimum atomic E-state index is -0.00244. The number of carbonyl (C=O) groups is 1. The molecule has 4 aliphatic heterocycles. The molecule has 0 radical (unpaired) electrons. The average Bonchev–Trinajstić information content (AvgIpc) is 4.19. The molecule has 6 N–H and O–H groups in total. The van der Waals surface area contributed by atoms with Gasteiger partial charge in [-0.25, -0.2) is 9.97 Å². The predicted molar refractivity (Wildman–Crippen MR) is 223 cm³/mol. The molecule has 4 fully saturated rings. The van der Waals surface area contributed by atoms with E-state index in [0.29, 0.717) is 65.9 Å². The fourth-order valence-corrected chi connectivity index (χ4v) is 8.86. The number of fused-ring (bicyclic) bond motifs is 2. The summed E-state index contributed by atoms with van der Waals surface area (Å²) in [5, 5.41) is 34.8. The first-order chi connectivity index (χ1) is 28.0. The van der Waals surface area contributed by atoms with Gasteiger partial charge in [0, 0.05) is 26.1 Å². The maximum atomic E-state index is 12.0. The van der Waals surface area contributed by atoms with Crippen LogP contribution in [0.5, 0.6) is 23.0 Å². The number of ether oxygens (including phenoxy) is 2. The Bertz CT molecular complexity index is 2090. The zero-order valence-electron chi connectivity index (χ0n) is 32.9. The maximum absolute atomic E-state index is 12.0. The van der Waals surface area contributed by atoms with Gasteiger partial charge in [0.2, 0.25) is 5.91 Å². The Morgan fingerprint density at radius 3 is 1.70 bits per heavy atom. The summed E-state index contributed by atoms with van der Waals surface area (Å²) >= 11 is 0. The van der Waals surface area contributed by atoms with E-state index in [1.807, 2.05) is 18.2 Å². The molecule has 4 aromatic rings. The van der Waals surface area contributed by atoms with Gasteiger partial charge in [0.05, 0.1) is 35.7 Å². The summed E-state index contributed by atoms with van der Waals surface area (Å²) < 4.78 is 12.1. The number of pyridine rings is 2. The Labute approximate surface area is 335 Å². The number of phenols is 2. The van der Waals surface area contributed by atoms with E-state index in [0.717, 1.165) is 93.4 Å². The molecule has 11 heteroatoms. The fraction of sp³-hybridized carbons (Fsp3) is 0.500. The van der Waals surface area contributed by atoms with Crippen molar-refractivity contribution in [2.75, 3.05) is 56.6 Å². The molecule has 0 bridgehead atoms. The summed E-state index contributed by atoms with van der Waals surface area (Å²) in [5.41, 5.74) is 7.93. The van der Waals surface area contributed by atoms with Gasteiger partial charge < -0.3 is 41.0 Å². The van der Waals surface area contributed by atoms with E-state index in [4.69, 9.17) is 19.4 Å². The highest BCUT2D eigenvalue weighted by molar-refractivity contribution is 5.94. The van der Waals surface area contributed by atoms with Gasteiger partial charge in [-0.05, 0) is 166 Å². The zero-order chi connectivity index (χ0) is 38.7. The van der Waals surface area contributed by atoms with Crippen LogP contribution in [0.1, 0.15) is 98.3 Å². The standard InChI is InChI=1S/C23H27N3O3.C23H29N3O2/c27-19-4-1-5-20(29-13-14-6-7-14)22(19)18-11-17(15-3-2-10-24-12-15)16-8-9-21(28)26-23(16)25-18;27-20-6-1-7-21(28-14-15-8-9-15)22(20)19-12-18(16-4-2-10-24-13-16)17-5-3-11-25-23(17)26-19/h1,4-5,11,14-15,24,27H,2-3,6-10,12-13H2,(H,25,26,28);1,6-7,12,15-16,24,27H,2-5,8-11,13-14H2,(H,25,26). The second-order valence-corrected chi connectivity index (χ2v) is 16.8. The van der Waals surface area contributed by atoms with E-state index < -0.39 is 0 Å². The van der Waals surface area contributed by atoms with Crippen LogP contribution in [0.15, 0.2) is 48.5 Å². The SMILES string of the molecule is O=C1CCc2c(C3CCCNC3)cc(-c3c(O)cccc3OCC3CC3)nc2N1.Oc1cccc(OCC2CC2)c1-c1cc(C2CCCNC2)c2c(n1)NCCC2. The van der Waals surface area contributed by atoms with Crippen LogP contribution in [0.25, 0.3) is 22.5 Å². The van der Waals surface area contributed by atoms with Crippen molar-refractivity contribution in [2.45, 2.75) is 88.9 Å². The highest BCUT2D eigenvalue weighted by Gasteiger charge is 2.30. The number of hydrogen-bond acceptors (Lipinski definition) is 10. The normalized spacial score (nSPS) is 21.5. The molecule has 2 aromatic carbocycles. The van der Waals surface area contributed by atoms with Gasteiger partial charge in [-0.2, -0.15) is 0 Å². The number of amides is 1. The van der Waals surface area contributed by atoms with Crippen LogP contribution in [0, 0.1) is 11.8 Å². The van der Waals surface area contributed by atoms with Crippen LogP contribution < -0.4 is 30.7 Å². The van der Waals surface area contributed by atoms with Gasteiger partial charge in [0.15, 0.2) is 0 Å². The molecule has 2 saturated carbocycles. The van der Waals surface area contributed by atoms with Gasteiger partial charge in [-0.1, -0.05) is 12.1 Å². The first kappa shape index (κ1) is 37.7. The van der Waals surface area contributed by atoms with Crippen molar-refractivity contribution in [1.82, 2.24) is 20.6 Å². The number of phenolic OH excluding ortho intramolecular Hbond substituents is 2. The third-order valence-corrected chi connectivity index (χ3v) is 12.4. The quantitative estimate of drug-likeness (QED) is 0.0949. The van der Waals surface area contributed by atoms with E-state index in [1.165, 1.54) is 55.2 Å². The van der Waals surface area contributed by atoms with Crippen molar-refractivity contribution in [3.63, 3.8) is 0 Å². The first-order valence-corrected chi connectivity index (χ1v) is 21.4. The van der Waals surface area contributed by atoms with Crippen LogP contribution in [0.4, 0.5) is 11.6 Å². The van der Waals surface area contributed by atoms with Crippen LogP contribution in [0.2, 0.25) is 0 Å². The molecule has 2 aliphatic carbocycles. The molecule has 300 valence electrons. The van der Waals surface area contributed by atoms with Gasteiger partial charge in [-0.3, -0.25) is 4.79 Å². The molecule has 10 rings (SSSR count). The summed E-state index contributed by atoms with van der Waals surface area (Å²) in [6, 6.07) is 15.2. The molecule has 2 unspecified atom stereocenters. The van der Waals surface area contributed by atoms with E-state index in [2.05, 4.69) is 33.4 Å². The largest absolute Gasteiger partial charge is 0.507 e. The number of hydrogen-bond donors (Lipinski definition) is 6. The molecule has 6 aliphatic rings. The number of benzene rings is 2. The van der Waals surface area contributed by atoms with Crippen molar-refractivity contribution >= 4 is 17.5 Å². The number of aromatic hydroxyl groups is 2. The van der Waals surface area contributed by atoms with Gasteiger partial charge >= 0.3 is 0 Å². The van der Waals surface area contributed by atoms with Gasteiger partial charge in [0.1, 0.15) is 34.6 Å². The van der Waals surface area contributed by atoms with Gasteiger partial charge in [-0.15, -0.1) is 0 Å². The summed E-state index contributed by atoms with van der Waals surface area (Å²) in [6.45, 7) is 6.44. The maximum Gasteiger partial charge on any atom is 0.225 e. The topological polar surface area (TPSA) is 150 Å². The van der Waals surface area contributed by atoms with E-state index in [1.54, 1.807) is 18.2 Å². The summed E-state index contributed by atoms with van der Waals surface area (Å²) in [4.78, 5) is 21.7. The Balaban J connectivity index is 0.000000148. The number of rotatable bonds is 10. The van der Waals surface area contributed by atoms with Gasteiger partial charge in [0.25, 0.3) is 0 Å². The molecule has 6 heterocycles. The number of aromatic nitrogens is 2. The summed E-state index contributed by atoms with van der Waals surface area (Å²) in [6.07, 6.45) is 13.0. The third-order valence-electron chi connectivity index (χ3n) is 12.4. The molecule has 2 saturated heterocycles.